The Morgan fingerprint density at radius 3 is 2.27 bits per heavy atom. The summed E-state index contributed by atoms with van der Waals surface area (Å²) in [5.74, 6) is -4.75. The predicted octanol–water partition coefficient (Wildman–Crippen LogP) is 9.93. The number of aliphatic carboxylic acids is 2. The van der Waals surface area contributed by atoms with Gasteiger partial charge in [-0.3, -0.25) is 14.4 Å². The highest BCUT2D eigenvalue weighted by Crippen LogP contribution is 2.46. The number of aromatic nitrogens is 2. The third kappa shape index (κ3) is 7.60. The number of carboxylic acids is 2. The van der Waals surface area contributed by atoms with Crippen molar-refractivity contribution in [3.63, 3.8) is 0 Å². The third-order valence-corrected chi connectivity index (χ3v) is 13.5. The summed E-state index contributed by atoms with van der Waals surface area (Å²) in [6.07, 6.45) is 1.96. The first-order valence-corrected chi connectivity index (χ1v) is 21.7. The Balaban J connectivity index is 1.14. The summed E-state index contributed by atoms with van der Waals surface area (Å²) < 4.78 is 34.3. The van der Waals surface area contributed by atoms with Crippen molar-refractivity contribution in [1.82, 2.24) is 14.0 Å². The van der Waals surface area contributed by atoms with Crippen LogP contribution in [0.5, 0.6) is 0 Å². The minimum atomic E-state index is -1.10. The van der Waals surface area contributed by atoms with Crippen molar-refractivity contribution >= 4 is 51.2 Å². The van der Waals surface area contributed by atoms with Crippen LogP contribution in [-0.2, 0) is 53.2 Å². The van der Waals surface area contributed by atoms with Crippen LogP contribution in [0.2, 0.25) is 0 Å². The van der Waals surface area contributed by atoms with Gasteiger partial charge in [0, 0.05) is 39.9 Å². The fraction of sp³-hybridized carbons (Fsp3) is 0.269. The first-order chi connectivity index (χ1) is 30.8. The van der Waals surface area contributed by atoms with E-state index in [-0.39, 0.29) is 24.4 Å². The molecule has 326 valence electrons. The molecular weight excluding hydrogens is 815 g/mol. The molecule has 2 heterocycles. The SMILES string of the molecule is CC(c1ccccc1)N(Cc1ccccc1)C(=O)c1c(F)ccc2c1c1c(n2CC(=O)O)CCC(C(C(=O)O)n2c3c(c4ccccc42)CC(C)(C(=O)Nc2cccc(F)c2)CC3)C1. The Bertz CT molecular complexity index is 2960. The van der Waals surface area contributed by atoms with Crippen molar-refractivity contribution in [2.75, 3.05) is 5.32 Å². The van der Waals surface area contributed by atoms with Gasteiger partial charge in [0.25, 0.3) is 5.91 Å². The van der Waals surface area contributed by atoms with Crippen LogP contribution in [0.1, 0.15) is 82.8 Å². The molecule has 4 unspecified atom stereocenters. The fourth-order valence-corrected chi connectivity index (χ4v) is 10.4. The van der Waals surface area contributed by atoms with Gasteiger partial charge in [-0.15, -0.1) is 0 Å². The minimum Gasteiger partial charge on any atom is -0.480 e. The standard InChI is InChI=1S/C52H48F2N4O6/c1-31(33-14-7-4-8-15-33)56(29-32-12-5-3-6-13-32)49(61)47-40(54)21-23-44-46(47)38-26-34(20-22-41(38)57(44)30-45(59)60)48(50(62)63)58-42-19-10-9-18-37(42)39-28-52(2,25-24-43(39)58)51(64)55-36-17-11-16-35(53)27-36/h3-19,21,23,27,31,34,48H,20,22,24-26,28-30H2,1-2H3,(H,55,64)(H,59,60)(H,62,63). The molecule has 2 amide bonds. The number of para-hydroxylation sites is 1. The van der Waals surface area contributed by atoms with Gasteiger partial charge in [-0.1, -0.05) is 91.9 Å². The molecule has 64 heavy (non-hydrogen) atoms. The lowest BCUT2D eigenvalue weighted by atomic mass is 9.73. The molecule has 2 aromatic heterocycles. The van der Waals surface area contributed by atoms with Gasteiger partial charge < -0.3 is 29.6 Å². The number of nitrogens with one attached hydrogen (secondary N) is 1. The minimum absolute atomic E-state index is 0.140. The molecule has 0 saturated heterocycles. The summed E-state index contributed by atoms with van der Waals surface area (Å²) >= 11 is 0. The average Bonchev–Trinajstić information content (AvgIpc) is 3.76. The van der Waals surface area contributed by atoms with E-state index >= 15 is 9.18 Å². The Labute approximate surface area is 368 Å². The van der Waals surface area contributed by atoms with Gasteiger partial charge in [0.2, 0.25) is 5.91 Å². The maximum atomic E-state index is 16.7. The molecule has 0 spiro atoms. The Morgan fingerprint density at radius 1 is 0.828 bits per heavy atom. The molecule has 4 atom stereocenters. The van der Waals surface area contributed by atoms with E-state index in [9.17, 15) is 29.0 Å². The van der Waals surface area contributed by atoms with E-state index in [2.05, 4.69) is 5.32 Å². The topological polar surface area (TPSA) is 134 Å². The summed E-state index contributed by atoms with van der Waals surface area (Å²) in [4.78, 5) is 56.9. The van der Waals surface area contributed by atoms with Gasteiger partial charge in [0.1, 0.15) is 24.2 Å². The average molecular weight is 863 g/mol. The number of carbonyl (C=O) groups is 4. The van der Waals surface area contributed by atoms with Crippen LogP contribution in [0.3, 0.4) is 0 Å². The first kappa shape index (κ1) is 42.2. The second-order valence-electron chi connectivity index (χ2n) is 17.5. The Hall–Kier alpha value is -7.08. The van der Waals surface area contributed by atoms with Crippen molar-refractivity contribution in [3.05, 3.63) is 172 Å². The smallest absolute Gasteiger partial charge is 0.326 e. The van der Waals surface area contributed by atoms with Gasteiger partial charge in [-0.25, -0.2) is 13.6 Å². The quantitative estimate of drug-likeness (QED) is 0.112. The van der Waals surface area contributed by atoms with Gasteiger partial charge >= 0.3 is 11.9 Å². The maximum absolute atomic E-state index is 16.7. The van der Waals surface area contributed by atoms with Gasteiger partial charge in [0.05, 0.1) is 22.5 Å². The number of anilines is 1. The highest BCUT2D eigenvalue weighted by Gasteiger charge is 2.43. The number of hydrogen-bond acceptors (Lipinski definition) is 4. The van der Waals surface area contributed by atoms with Crippen LogP contribution in [0.15, 0.2) is 121 Å². The first-order valence-electron chi connectivity index (χ1n) is 21.7. The molecular formula is C52H48F2N4O6. The molecule has 0 radical (unpaired) electrons. The maximum Gasteiger partial charge on any atom is 0.326 e. The zero-order chi connectivity index (χ0) is 44.9. The molecule has 10 nitrogen and oxygen atoms in total. The van der Waals surface area contributed by atoms with Crippen LogP contribution < -0.4 is 5.32 Å². The second kappa shape index (κ2) is 16.9. The predicted molar refractivity (Wildman–Crippen MR) is 240 cm³/mol. The van der Waals surface area contributed by atoms with E-state index in [1.807, 2.05) is 103 Å². The number of amides is 2. The molecule has 0 fully saturated rings. The van der Waals surface area contributed by atoms with Gasteiger partial charge in [-0.2, -0.15) is 0 Å². The number of halogens is 2. The molecule has 0 aliphatic heterocycles. The van der Waals surface area contributed by atoms with E-state index in [1.54, 1.807) is 15.5 Å². The fourth-order valence-electron chi connectivity index (χ4n) is 10.4. The molecule has 12 heteroatoms. The Kier molecular flexibility index (Phi) is 11.1. The summed E-state index contributed by atoms with van der Waals surface area (Å²) in [7, 11) is 0. The molecule has 9 rings (SSSR count). The molecule has 7 aromatic rings. The van der Waals surface area contributed by atoms with Crippen molar-refractivity contribution in [2.45, 2.75) is 77.5 Å². The van der Waals surface area contributed by atoms with Crippen molar-refractivity contribution < 1.29 is 38.2 Å². The monoisotopic (exact) mass is 862 g/mol. The van der Waals surface area contributed by atoms with E-state index in [0.717, 1.165) is 27.8 Å². The van der Waals surface area contributed by atoms with Crippen molar-refractivity contribution in [3.8, 4) is 0 Å². The molecule has 0 bridgehead atoms. The number of carboxylic acid groups (broad SMARTS) is 2. The van der Waals surface area contributed by atoms with Crippen LogP contribution in [0.4, 0.5) is 14.5 Å². The lowest BCUT2D eigenvalue weighted by molar-refractivity contribution is -0.143. The van der Waals surface area contributed by atoms with Crippen molar-refractivity contribution in [2.24, 2.45) is 11.3 Å². The number of fused-ring (bicyclic) bond motifs is 6. The highest BCUT2D eigenvalue weighted by atomic mass is 19.1. The summed E-state index contributed by atoms with van der Waals surface area (Å²) in [5, 5.41) is 25.4. The molecule has 2 aliphatic carbocycles. The highest BCUT2D eigenvalue weighted by molar-refractivity contribution is 6.09. The van der Waals surface area contributed by atoms with Gasteiger partial charge in [-0.05, 0) is 110 Å². The third-order valence-electron chi connectivity index (χ3n) is 13.5. The van der Waals surface area contributed by atoms with E-state index < -0.39 is 59.4 Å². The van der Waals surface area contributed by atoms with E-state index in [0.29, 0.717) is 65.5 Å². The summed E-state index contributed by atoms with van der Waals surface area (Å²) in [5.41, 5.74) is 5.01. The molecule has 2 aliphatic rings. The number of benzene rings is 5. The lowest BCUT2D eigenvalue weighted by Gasteiger charge is -2.35. The largest absolute Gasteiger partial charge is 0.480 e. The number of hydrogen-bond donors (Lipinski definition) is 3. The van der Waals surface area contributed by atoms with Gasteiger partial charge in [0.15, 0.2) is 0 Å². The summed E-state index contributed by atoms with van der Waals surface area (Å²) in [6.45, 7) is 3.52. The molecule has 5 aromatic carbocycles. The lowest BCUT2D eigenvalue weighted by Crippen LogP contribution is -2.39. The number of nitrogens with zero attached hydrogens (tertiary/aromatic N) is 3. The van der Waals surface area contributed by atoms with Crippen LogP contribution in [-0.4, -0.2) is 48.0 Å². The van der Waals surface area contributed by atoms with Crippen molar-refractivity contribution in [1.29, 1.82) is 0 Å². The molecule has 3 N–H and O–H groups in total. The van der Waals surface area contributed by atoms with E-state index in [1.165, 1.54) is 30.3 Å². The van der Waals surface area contributed by atoms with Crippen LogP contribution >= 0.6 is 0 Å². The summed E-state index contributed by atoms with van der Waals surface area (Å²) in [6, 6.07) is 33.4. The second-order valence-corrected chi connectivity index (χ2v) is 17.5. The van der Waals surface area contributed by atoms with Crippen LogP contribution in [0.25, 0.3) is 21.8 Å². The zero-order valence-electron chi connectivity index (χ0n) is 35.6. The Morgan fingerprint density at radius 2 is 1.55 bits per heavy atom. The van der Waals surface area contributed by atoms with E-state index in [4.69, 9.17) is 0 Å². The van der Waals surface area contributed by atoms with Crippen LogP contribution in [0, 0.1) is 23.0 Å². The zero-order valence-corrected chi connectivity index (χ0v) is 35.6. The normalized spacial score (nSPS) is 17.9. The molecule has 0 saturated carbocycles. The number of carbonyl (C=O) groups excluding carboxylic acids is 2. The number of rotatable bonds is 12.